The van der Waals surface area contributed by atoms with Crippen molar-refractivity contribution in [2.24, 2.45) is 10.7 Å². The van der Waals surface area contributed by atoms with Crippen LogP contribution >= 0.6 is 35.3 Å². The number of nitrogens with one attached hydrogen (secondary N) is 1. The van der Waals surface area contributed by atoms with Crippen molar-refractivity contribution in [1.82, 2.24) is 10.3 Å². The number of hydrogen-bond acceptors (Lipinski definition) is 3. The average molecular weight is 448 g/mol. The third-order valence-electron chi connectivity index (χ3n) is 4.70. The van der Waals surface area contributed by atoms with E-state index in [9.17, 15) is 0 Å². The van der Waals surface area contributed by atoms with Crippen LogP contribution in [0.5, 0.6) is 0 Å². The third kappa shape index (κ3) is 5.89. The summed E-state index contributed by atoms with van der Waals surface area (Å²) in [6.45, 7) is 0.748. The second kappa shape index (κ2) is 9.81. The molecular formula is C17H29IN4S. The molecule has 1 fully saturated rings. The van der Waals surface area contributed by atoms with Crippen molar-refractivity contribution < 1.29 is 0 Å². The molecule has 0 bridgehead atoms. The minimum absolute atomic E-state index is 0. The van der Waals surface area contributed by atoms with Crippen LogP contribution in [0, 0.1) is 0 Å². The average Bonchev–Trinajstić information content (AvgIpc) is 2.75. The Bertz CT molecular complexity index is 483. The lowest BCUT2D eigenvalue weighted by molar-refractivity contribution is 0.530. The summed E-state index contributed by atoms with van der Waals surface area (Å²) in [5.41, 5.74) is 7.39. The molecule has 1 saturated carbocycles. The first-order valence-electron chi connectivity index (χ1n) is 8.85. The van der Waals surface area contributed by atoms with Gasteiger partial charge >= 0.3 is 0 Å². The minimum atomic E-state index is 0. The summed E-state index contributed by atoms with van der Waals surface area (Å²) < 4.78 is 0. The van der Waals surface area contributed by atoms with Crippen molar-refractivity contribution in [1.29, 1.82) is 0 Å². The summed E-state index contributed by atoms with van der Waals surface area (Å²) in [5, 5.41) is 4.64. The lowest BCUT2D eigenvalue weighted by Crippen LogP contribution is -2.40. The molecule has 0 unspecified atom stereocenters. The van der Waals surface area contributed by atoms with Crippen LogP contribution in [-0.4, -0.2) is 23.5 Å². The van der Waals surface area contributed by atoms with Crippen molar-refractivity contribution in [3.63, 3.8) is 0 Å². The molecule has 3 N–H and O–H groups in total. The highest BCUT2D eigenvalue weighted by molar-refractivity contribution is 14.0. The topological polar surface area (TPSA) is 63.3 Å². The number of halogens is 1. The largest absolute Gasteiger partial charge is 0.370 e. The van der Waals surface area contributed by atoms with Gasteiger partial charge in [0, 0.05) is 23.9 Å². The Labute approximate surface area is 160 Å². The number of rotatable bonds is 4. The van der Waals surface area contributed by atoms with E-state index < -0.39 is 0 Å². The van der Waals surface area contributed by atoms with E-state index in [2.05, 4.69) is 10.3 Å². The molecule has 0 saturated heterocycles. The number of aryl methyl sites for hydroxylation is 2. The molecule has 1 aromatic rings. The Morgan fingerprint density at radius 3 is 2.61 bits per heavy atom. The maximum absolute atomic E-state index is 6.04. The molecule has 0 amide bonds. The fourth-order valence-electron chi connectivity index (χ4n) is 3.46. The summed E-state index contributed by atoms with van der Waals surface area (Å²) in [6.07, 6.45) is 13.8. The van der Waals surface area contributed by atoms with Gasteiger partial charge in [0.15, 0.2) is 5.96 Å². The standard InChI is InChI=1S/C17H28N4S.HI/c18-17(20-13-7-3-1-2-4-8-13)19-12-11-16-21-14-9-5-6-10-15(14)22-16;/h13H,1-12H2,(H3,18,19,20);1H. The zero-order valence-electron chi connectivity index (χ0n) is 13.9. The number of hydrogen-bond donors (Lipinski definition) is 2. The van der Waals surface area contributed by atoms with Crippen LogP contribution in [0.4, 0.5) is 0 Å². The van der Waals surface area contributed by atoms with Gasteiger partial charge in [0.25, 0.3) is 0 Å². The second-order valence-electron chi connectivity index (χ2n) is 6.53. The summed E-state index contributed by atoms with van der Waals surface area (Å²) in [4.78, 5) is 10.8. The van der Waals surface area contributed by atoms with E-state index >= 15 is 0 Å². The van der Waals surface area contributed by atoms with Gasteiger partial charge in [-0.1, -0.05) is 25.7 Å². The van der Waals surface area contributed by atoms with E-state index in [1.54, 1.807) is 0 Å². The van der Waals surface area contributed by atoms with E-state index in [1.807, 2.05) is 11.3 Å². The first-order valence-corrected chi connectivity index (χ1v) is 9.67. The summed E-state index contributed by atoms with van der Waals surface area (Å²) in [6, 6.07) is 0.526. The van der Waals surface area contributed by atoms with Crippen molar-refractivity contribution in [3.05, 3.63) is 15.6 Å². The van der Waals surface area contributed by atoms with Gasteiger partial charge in [0.2, 0.25) is 0 Å². The summed E-state index contributed by atoms with van der Waals surface area (Å²) in [5.74, 6) is 0.619. The molecule has 0 aliphatic heterocycles. The van der Waals surface area contributed by atoms with Gasteiger partial charge in [-0.25, -0.2) is 4.98 Å². The van der Waals surface area contributed by atoms with Crippen LogP contribution in [-0.2, 0) is 19.3 Å². The number of fused-ring (bicyclic) bond motifs is 1. The van der Waals surface area contributed by atoms with Gasteiger partial charge in [-0.2, -0.15) is 0 Å². The van der Waals surface area contributed by atoms with Crippen LogP contribution in [0.15, 0.2) is 4.99 Å². The van der Waals surface area contributed by atoms with Gasteiger partial charge in [-0.3, -0.25) is 4.99 Å². The summed E-state index contributed by atoms with van der Waals surface area (Å²) in [7, 11) is 0. The predicted octanol–water partition coefficient (Wildman–Crippen LogP) is 3.81. The molecule has 23 heavy (non-hydrogen) atoms. The number of aromatic nitrogens is 1. The Kier molecular flexibility index (Phi) is 8.09. The van der Waals surface area contributed by atoms with Crippen LogP contribution in [0.2, 0.25) is 0 Å². The molecule has 1 heterocycles. The zero-order valence-corrected chi connectivity index (χ0v) is 17.0. The highest BCUT2D eigenvalue weighted by atomic mass is 127. The molecule has 1 aromatic heterocycles. The first-order chi connectivity index (χ1) is 10.8. The van der Waals surface area contributed by atoms with Gasteiger partial charge in [-0.15, -0.1) is 35.3 Å². The SMILES string of the molecule is I.NC(=NCCc1nc2c(s1)CCCC2)NC1CCCCCC1. The lowest BCUT2D eigenvalue weighted by atomic mass is 10.0. The summed E-state index contributed by atoms with van der Waals surface area (Å²) >= 11 is 1.88. The fraction of sp³-hybridized carbons (Fsp3) is 0.765. The van der Waals surface area contributed by atoms with E-state index in [4.69, 9.17) is 10.7 Å². The Morgan fingerprint density at radius 2 is 1.87 bits per heavy atom. The quantitative estimate of drug-likeness (QED) is 0.319. The molecule has 2 aliphatic carbocycles. The monoisotopic (exact) mass is 448 g/mol. The number of aliphatic imine (C=N–C) groups is 1. The smallest absolute Gasteiger partial charge is 0.188 e. The van der Waals surface area contributed by atoms with E-state index in [0.29, 0.717) is 12.0 Å². The molecule has 0 atom stereocenters. The molecular weight excluding hydrogens is 419 g/mol. The zero-order chi connectivity index (χ0) is 15.2. The molecule has 2 aliphatic rings. The normalized spacial score (nSPS) is 19.6. The number of thiazole rings is 1. The van der Waals surface area contributed by atoms with E-state index in [-0.39, 0.29) is 24.0 Å². The minimum Gasteiger partial charge on any atom is -0.370 e. The van der Waals surface area contributed by atoms with Crippen LogP contribution in [0.25, 0.3) is 0 Å². The Morgan fingerprint density at radius 1 is 1.13 bits per heavy atom. The predicted molar refractivity (Wildman–Crippen MR) is 109 cm³/mol. The van der Waals surface area contributed by atoms with Gasteiger partial charge in [0.05, 0.1) is 10.7 Å². The number of nitrogens with zero attached hydrogens (tertiary/aromatic N) is 2. The Hall–Kier alpha value is -0.370. The van der Waals surface area contributed by atoms with Crippen molar-refractivity contribution in [3.8, 4) is 0 Å². The molecule has 130 valence electrons. The maximum atomic E-state index is 6.04. The molecule has 4 nitrogen and oxygen atoms in total. The highest BCUT2D eigenvalue weighted by Crippen LogP contribution is 2.26. The number of guanidine groups is 1. The van der Waals surface area contributed by atoms with Crippen molar-refractivity contribution in [2.45, 2.75) is 76.7 Å². The molecule has 6 heteroatoms. The molecule has 3 rings (SSSR count). The van der Waals surface area contributed by atoms with Gasteiger partial charge in [-0.05, 0) is 38.5 Å². The van der Waals surface area contributed by atoms with E-state index in [0.717, 1.165) is 13.0 Å². The van der Waals surface area contributed by atoms with Crippen LogP contribution < -0.4 is 11.1 Å². The maximum Gasteiger partial charge on any atom is 0.188 e. The lowest BCUT2D eigenvalue weighted by Gasteiger charge is -2.16. The fourth-order valence-corrected chi connectivity index (χ4v) is 4.61. The first kappa shape index (κ1) is 19.0. The van der Waals surface area contributed by atoms with Crippen molar-refractivity contribution >= 4 is 41.3 Å². The van der Waals surface area contributed by atoms with Crippen molar-refractivity contribution in [2.75, 3.05) is 6.54 Å². The molecule has 0 radical (unpaired) electrons. The second-order valence-corrected chi connectivity index (χ2v) is 7.70. The molecule has 0 aromatic carbocycles. The van der Waals surface area contributed by atoms with Crippen LogP contribution in [0.3, 0.4) is 0 Å². The number of nitrogens with two attached hydrogens (primary N) is 1. The highest BCUT2D eigenvalue weighted by Gasteiger charge is 2.15. The molecule has 0 spiro atoms. The van der Waals surface area contributed by atoms with Crippen LogP contribution in [0.1, 0.15) is 66.9 Å². The van der Waals surface area contributed by atoms with E-state index in [1.165, 1.54) is 79.8 Å². The Balaban J connectivity index is 0.00000192. The van der Waals surface area contributed by atoms with Gasteiger partial charge in [0.1, 0.15) is 0 Å². The van der Waals surface area contributed by atoms with Gasteiger partial charge < -0.3 is 11.1 Å². The third-order valence-corrected chi connectivity index (χ3v) is 5.92.